The van der Waals surface area contributed by atoms with Crippen LogP contribution in [0.3, 0.4) is 0 Å². The molecule has 0 unspecified atom stereocenters. The normalized spacial score (nSPS) is 19.1. The van der Waals surface area contributed by atoms with Crippen LogP contribution in [-0.2, 0) is 15.0 Å². The van der Waals surface area contributed by atoms with E-state index in [1.807, 2.05) is 0 Å². The van der Waals surface area contributed by atoms with Crippen LogP contribution in [0.4, 0.5) is 0 Å². The summed E-state index contributed by atoms with van der Waals surface area (Å²) in [5.41, 5.74) is 0. The number of nitrogens with zero attached hydrogens (tertiary/aromatic N) is 2. The standard InChI is InChI=1S/C9H19N3O3S/c1-8(10-16(14,15)11(2)3)9(13)12-6-4-5-7-12/h8,10H,4-7H2,1-3H3/t8-/m0/s1. The van der Waals surface area contributed by atoms with E-state index in [9.17, 15) is 13.2 Å². The molecule has 1 fully saturated rings. The van der Waals surface area contributed by atoms with E-state index in [1.165, 1.54) is 14.1 Å². The zero-order chi connectivity index (χ0) is 12.3. The number of carbonyl (C=O) groups is 1. The Labute approximate surface area is 96.8 Å². The molecule has 6 nitrogen and oxygen atoms in total. The second-order valence-electron chi connectivity index (χ2n) is 4.16. The van der Waals surface area contributed by atoms with E-state index >= 15 is 0 Å². The summed E-state index contributed by atoms with van der Waals surface area (Å²) in [5.74, 6) is -0.150. The Bertz CT molecular complexity index is 347. The van der Waals surface area contributed by atoms with Crippen molar-refractivity contribution in [2.24, 2.45) is 0 Å². The van der Waals surface area contributed by atoms with Crippen molar-refractivity contribution in [2.75, 3.05) is 27.2 Å². The minimum absolute atomic E-state index is 0.150. The Morgan fingerprint density at radius 1 is 1.31 bits per heavy atom. The average molecular weight is 249 g/mol. The van der Waals surface area contributed by atoms with Crippen LogP contribution in [-0.4, -0.2) is 56.8 Å². The van der Waals surface area contributed by atoms with E-state index in [0.29, 0.717) is 0 Å². The van der Waals surface area contributed by atoms with Crippen molar-refractivity contribution >= 4 is 16.1 Å². The number of carbonyl (C=O) groups excluding carboxylic acids is 1. The summed E-state index contributed by atoms with van der Waals surface area (Å²) in [7, 11) is -0.684. The predicted octanol–water partition coefficient (Wildman–Crippen LogP) is -0.607. The maximum absolute atomic E-state index is 11.8. The first-order valence-corrected chi connectivity index (χ1v) is 6.77. The quantitative estimate of drug-likeness (QED) is 0.723. The van der Waals surface area contributed by atoms with Crippen LogP contribution >= 0.6 is 0 Å². The van der Waals surface area contributed by atoms with Gasteiger partial charge in [-0.15, -0.1) is 0 Å². The largest absolute Gasteiger partial charge is 0.341 e. The molecule has 1 aliphatic heterocycles. The van der Waals surface area contributed by atoms with Crippen LogP contribution in [0.15, 0.2) is 0 Å². The van der Waals surface area contributed by atoms with Gasteiger partial charge in [0.2, 0.25) is 5.91 Å². The van der Waals surface area contributed by atoms with E-state index < -0.39 is 16.3 Å². The van der Waals surface area contributed by atoms with E-state index in [2.05, 4.69) is 4.72 Å². The van der Waals surface area contributed by atoms with Crippen molar-refractivity contribution in [3.05, 3.63) is 0 Å². The van der Waals surface area contributed by atoms with Gasteiger partial charge in [0, 0.05) is 27.2 Å². The predicted molar refractivity (Wildman–Crippen MR) is 61.0 cm³/mol. The van der Waals surface area contributed by atoms with Crippen LogP contribution in [0.1, 0.15) is 19.8 Å². The second-order valence-corrected chi connectivity index (χ2v) is 6.08. The molecule has 0 radical (unpaired) electrons. The molecule has 0 aliphatic carbocycles. The lowest BCUT2D eigenvalue weighted by Crippen LogP contribution is -2.49. The smallest absolute Gasteiger partial charge is 0.279 e. The van der Waals surface area contributed by atoms with Crippen LogP contribution in [0, 0.1) is 0 Å². The lowest BCUT2D eigenvalue weighted by Gasteiger charge is -2.22. The number of nitrogens with one attached hydrogen (secondary N) is 1. The molecule has 0 bridgehead atoms. The molecule has 1 saturated heterocycles. The van der Waals surface area contributed by atoms with Gasteiger partial charge in [0.15, 0.2) is 0 Å². The highest BCUT2D eigenvalue weighted by Gasteiger charge is 2.27. The highest BCUT2D eigenvalue weighted by Crippen LogP contribution is 2.09. The maximum Gasteiger partial charge on any atom is 0.279 e. The van der Waals surface area contributed by atoms with Crippen LogP contribution in [0.5, 0.6) is 0 Å². The van der Waals surface area contributed by atoms with Gasteiger partial charge < -0.3 is 4.90 Å². The second kappa shape index (κ2) is 5.11. The van der Waals surface area contributed by atoms with Crippen LogP contribution in [0.2, 0.25) is 0 Å². The third kappa shape index (κ3) is 3.16. The summed E-state index contributed by atoms with van der Waals surface area (Å²) in [4.78, 5) is 13.5. The minimum atomic E-state index is -3.54. The van der Waals surface area contributed by atoms with Gasteiger partial charge in [0.25, 0.3) is 10.2 Å². The van der Waals surface area contributed by atoms with Crippen molar-refractivity contribution in [1.82, 2.24) is 13.9 Å². The van der Waals surface area contributed by atoms with Crippen molar-refractivity contribution in [3.8, 4) is 0 Å². The van der Waals surface area contributed by atoms with Gasteiger partial charge in [-0.3, -0.25) is 4.79 Å². The molecule has 1 amide bonds. The van der Waals surface area contributed by atoms with Crippen molar-refractivity contribution < 1.29 is 13.2 Å². The Hall–Kier alpha value is -0.660. The van der Waals surface area contributed by atoms with E-state index in [0.717, 1.165) is 30.2 Å². The molecular weight excluding hydrogens is 230 g/mol. The molecule has 1 aliphatic rings. The minimum Gasteiger partial charge on any atom is -0.341 e. The van der Waals surface area contributed by atoms with Crippen LogP contribution < -0.4 is 4.72 Å². The van der Waals surface area contributed by atoms with Gasteiger partial charge in [-0.05, 0) is 19.8 Å². The number of hydrogen-bond donors (Lipinski definition) is 1. The Balaban J connectivity index is 2.58. The fourth-order valence-corrected chi connectivity index (χ4v) is 2.35. The summed E-state index contributed by atoms with van der Waals surface area (Å²) < 4.78 is 26.4. The molecule has 1 atom stereocenters. The first-order valence-electron chi connectivity index (χ1n) is 5.33. The Morgan fingerprint density at radius 3 is 2.25 bits per heavy atom. The van der Waals surface area contributed by atoms with Gasteiger partial charge in [-0.25, -0.2) is 0 Å². The molecule has 0 saturated carbocycles. The fourth-order valence-electron chi connectivity index (χ4n) is 1.59. The average Bonchev–Trinajstić information content (AvgIpc) is 2.68. The van der Waals surface area contributed by atoms with Gasteiger partial charge in [0.05, 0.1) is 6.04 Å². The molecule has 0 spiro atoms. The number of likely N-dealkylation sites (tertiary alicyclic amines) is 1. The number of hydrogen-bond acceptors (Lipinski definition) is 3. The molecule has 1 N–H and O–H groups in total. The molecule has 0 aromatic heterocycles. The molecule has 1 rings (SSSR count). The van der Waals surface area contributed by atoms with E-state index in [-0.39, 0.29) is 5.91 Å². The third-order valence-electron chi connectivity index (χ3n) is 2.59. The summed E-state index contributed by atoms with van der Waals surface area (Å²) >= 11 is 0. The van der Waals surface area contributed by atoms with Crippen LogP contribution in [0.25, 0.3) is 0 Å². The van der Waals surface area contributed by atoms with E-state index in [4.69, 9.17) is 0 Å². The monoisotopic (exact) mass is 249 g/mol. The summed E-state index contributed by atoms with van der Waals surface area (Å²) in [6.45, 7) is 3.03. The zero-order valence-electron chi connectivity index (χ0n) is 9.93. The molecule has 16 heavy (non-hydrogen) atoms. The van der Waals surface area contributed by atoms with Crippen molar-refractivity contribution in [2.45, 2.75) is 25.8 Å². The molecule has 0 aromatic carbocycles. The zero-order valence-corrected chi connectivity index (χ0v) is 10.7. The molecule has 94 valence electrons. The molecule has 0 aromatic rings. The molecular formula is C9H19N3O3S. The van der Waals surface area contributed by atoms with Gasteiger partial charge in [-0.2, -0.15) is 17.4 Å². The number of amides is 1. The van der Waals surface area contributed by atoms with Gasteiger partial charge in [0.1, 0.15) is 0 Å². The van der Waals surface area contributed by atoms with E-state index in [1.54, 1.807) is 11.8 Å². The third-order valence-corrected chi connectivity index (χ3v) is 4.21. The topological polar surface area (TPSA) is 69.7 Å². The van der Waals surface area contributed by atoms with Crippen molar-refractivity contribution in [3.63, 3.8) is 0 Å². The maximum atomic E-state index is 11.8. The Morgan fingerprint density at radius 2 is 1.81 bits per heavy atom. The fraction of sp³-hybridized carbons (Fsp3) is 0.889. The first-order chi connectivity index (χ1) is 7.34. The SMILES string of the molecule is C[C@H](NS(=O)(=O)N(C)C)C(=O)N1CCCC1. The molecule has 7 heteroatoms. The lowest BCUT2D eigenvalue weighted by atomic mass is 10.3. The highest BCUT2D eigenvalue weighted by molar-refractivity contribution is 7.87. The summed E-state index contributed by atoms with van der Waals surface area (Å²) in [5, 5.41) is 0. The van der Waals surface area contributed by atoms with Gasteiger partial charge >= 0.3 is 0 Å². The lowest BCUT2D eigenvalue weighted by molar-refractivity contribution is -0.131. The first kappa shape index (κ1) is 13.4. The summed E-state index contributed by atoms with van der Waals surface area (Å²) in [6, 6.07) is -0.703. The molecule has 1 heterocycles. The number of rotatable bonds is 4. The van der Waals surface area contributed by atoms with Crippen molar-refractivity contribution in [1.29, 1.82) is 0 Å². The summed E-state index contributed by atoms with van der Waals surface area (Å²) in [6.07, 6.45) is 2.00. The Kier molecular flexibility index (Phi) is 4.28. The highest BCUT2D eigenvalue weighted by atomic mass is 32.2. The van der Waals surface area contributed by atoms with Gasteiger partial charge in [-0.1, -0.05) is 0 Å².